The largest absolute Gasteiger partial charge is 0.393 e. The van der Waals surface area contributed by atoms with Crippen molar-refractivity contribution in [1.29, 1.82) is 0 Å². The minimum absolute atomic E-state index is 0.189. The van der Waals surface area contributed by atoms with Crippen LogP contribution in [0.25, 0.3) is 22.3 Å². The van der Waals surface area contributed by atoms with Gasteiger partial charge in [-0.25, -0.2) is 9.67 Å². The number of carbonyl (C=O) groups is 1. The smallest absolute Gasteiger partial charge is 0.225 e. The van der Waals surface area contributed by atoms with Gasteiger partial charge in [-0.3, -0.25) is 4.79 Å². The standard InChI is InChI=1S/C17H17ClN4O.C2H6.CH3NO/c18-17-20-15(11-4-2-1-3-5-11)14-10-19-22(16(14)21-17)12-6-8-13(23)9-7-12;1-2;2-1-3/h1-5,10,12-13,23H,6-9H2;1-2H3;1H,(H2,2,3). The molecule has 2 aromatic heterocycles. The Kier molecular flexibility index (Phi) is 8.35. The molecule has 1 amide bonds. The highest BCUT2D eigenvalue weighted by molar-refractivity contribution is 6.28. The summed E-state index contributed by atoms with van der Waals surface area (Å²) in [6.07, 6.45) is 5.29. The normalized spacial score (nSPS) is 18.4. The second-order valence-electron chi connectivity index (χ2n) is 6.13. The molecule has 0 unspecified atom stereocenters. The average molecular weight is 404 g/mol. The maximum Gasteiger partial charge on any atom is 0.225 e. The summed E-state index contributed by atoms with van der Waals surface area (Å²) in [7, 11) is 0. The summed E-state index contributed by atoms with van der Waals surface area (Å²) < 4.78 is 1.95. The van der Waals surface area contributed by atoms with E-state index in [9.17, 15) is 5.11 Å². The summed E-state index contributed by atoms with van der Waals surface area (Å²) in [5.41, 5.74) is 6.74. The number of amides is 1. The highest BCUT2D eigenvalue weighted by atomic mass is 35.5. The van der Waals surface area contributed by atoms with E-state index >= 15 is 0 Å². The number of primary amides is 1. The van der Waals surface area contributed by atoms with E-state index in [0.29, 0.717) is 0 Å². The van der Waals surface area contributed by atoms with Gasteiger partial charge in [0.25, 0.3) is 0 Å². The lowest BCUT2D eigenvalue weighted by Gasteiger charge is -2.25. The van der Waals surface area contributed by atoms with Crippen LogP contribution in [-0.2, 0) is 4.79 Å². The molecule has 4 rings (SSSR count). The SMILES string of the molecule is CC.NC=O.OC1CCC(n2ncc3c(-c4ccccc4)nc(Cl)nc32)CC1. The Morgan fingerprint density at radius 1 is 1.14 bits per heavy atom. The lowest BCUT2D eigenvalue weighted by atomic mass is 9.93. The van der Waals surface area contributed by atoms with E-state index in [4.69, 9.17) is 16.4 Å². The molecule has 1 aliphatic carbocycles. The Bertz CT molecular complexity index is 877. The molecule has 1 aromatic carbocycles. The lowest BCUT2D eigenvalue weighted by molar-refractivity contribution is -0.106. The zero-order valence-corrected chi connectivity index (χ0v) is 16.9. The summed E-state index contributed by atoms with van der Waals surface area (Å²) >= 11 is 6.16. The Morgan fingerprint density at radius 2 is 1.75 bits per heavy atom. The van der Waals surface area contributed by atoms with Crippen LogP contribution < -0.4 is 5.73 Å². The molecule has 8 heteroatoms. The third kappa shape index (κ3) is 5.05. The van der Waals surface area contributed by atoms with Gasteiger partial charge in [-0.2, -0.15) is 10.1 Å². The van der Waals surface area contributed by atoms with E-state index < -0.39 is 0 Å². The predicted octanol–water partition coefficient (Wildman–Crippen LogP) is 3.75. The fourth-order valence-electron chi connectivity index (χ4n) is 3.29. The molecule has 0 saturated heterocycles. The molecule has 0 spiro atoms. The number of aliphatic hydroxyl groups is 1. The third-order valence-electron chi connectivity index (χ3n) is 4.49. The van der Waals surface area contributed by atoms with Gasteiger partial charge in [0.1, 0.15) is 0 Å². The maximum atomic E-state index is 9.70. The zero-order valence-electron chi connectivity index (χ0n) is 16.1. The lowest BCUT2D eigenvalue weighted by Crippen LogP contribution is -2.22. The minimum Gasteiger partial charge on any atom is -0.393 e. The van der Waals surface area contributed by atoms with Gasteiger partial charge in [0, 0.05) is 5.56 Å². The van der Waals surface area contributed by atoms with Crippen molar-refractivity contribution in [1.82, 2.24) is 19.7 Å². The van der Waals surface area contributed by atoms with E-state index in [-0.39, 0.29) is 23.8 Å². The van der Waals surface area contributed by atoms with Crippen LogP contribution in [-0.4, -0.2) is 37.4 Å². The van der Waals surface area contributed by atoms with Crippen LogP contribution in [0.1, 0.15) is 45.6 Å². The number of hydrogen-bond donors (Lipinski definition) is 2. The molecule has 7 nitrogen and oxygen atoms in total. The molecule has 150 valence electrons. The summed E-state index contributed by atoms with van der Waals surface area (Å²) in [5.74, 6) is 0. The number of halogens is 1. The van der Waals surface area contributed by atoms with Crippen LogP contribution in [0.5, 0.6) is 0 Å². The number of hydrogen-bond acceptors (Lipinski definition) is 5. The van der Waals surface area contributed by atoms with Crippen molar-refractivity contribution < 1.29 is 9.90 Å². The highest BCUT2D eigenvalue weighted by Crippen LogP contribution is 2.33. The van der Waals surface area contributed by atoms with Gasteiger partial charge < -0.3 is 10.8 Å². The van der Waals surface area contributed by atoms with Crippen molar-refractivity contribution in [2.75, 3.05) is 0 Å². The second-order valence-corrected chi connectivity index (χ2v) is 6.47. The van der Waals surface area contributed by atoms with Gasteiger partial charge in [0.05, 0.1) is 29.4 Å². The molecule has 28 heavy (non-hydrogen) atoms. The van der Waals surface area contributed by atoms with Crippen molar-refractivity contribution in [2.45, 2.75) is 51.7 Å². The van der Waals surface area contributed by atoms with Crippen LogP contribution in [0.3, 0.4) is 0 Å². The quantitative estimate of drug-likeness (QED) is 0.500. The Hall–Kier alpha value is -2.51. The Morgan fingerprint density at radius 3 is 2.36 bits per heavy atom. The summed E-state index contributed by atoms with van der Waals surface area (Å²) in [6, 6.07) is 10.2. The molecule has 1 fully saturated rings. The average Bonchev–Trinajstić information content (AvgIpc) is 3.14. The fraction of sp³-hybridized carbons (Fsp3) is 0.400. The van der Waals surface area contributed by atoms with Crippen molar-refractivity contribution in [3.63, 3.8) is 0 Å². The molecule has 3 N–H and O–H groups in total. The number of nitrogens with zero attached hydrogens (tertiary/aromatic N) is 4. The van der Waals surface area contributed by atoms with Gasteiger partial charge in [0.2, 0.25) is 11.7 Å². The van der Waals surface area contributed by atoms with Crippen LogP contribution in [0.2, 0.25) is 5.28 Å². The van der Waals surface area contributed by atoms with Gasteiger partial charge in [-0.15, -0.1) is 0 Å². The Labute approximate surface area is 169 Å². The van der Waals surface area contributed by atoms with E-state index in [1.807, 2.05) is 55.1 Å². The zero-order chi connectivity index (χ0) is 20.5. The first kappa shape index (κ1) is 21.8. The number of fused-ring (bicyclic) bond motifs is 1. The predicted molar refractivity (Wildman–Crippen MR) is 111 cm³/mol. The van der Waals surface area contributed by atoms with Crippen molar-refractivity contribution in [3.8, 4) is 11.3 Å². The molecule has 0 atom stereocenters. The first-order valence-corrected chi connectivity index (χ1v) is 9.81. The number of rotatable bonds is 2. The number of carbonyl (C=O) groups excluding carboxylic acids is 1. The molecule has 1 saturated carbocycles. The molecular formula is C20H26ClN5O2. The van der Waals surface area contributed by atoms with E-state index in [1.165, 1.54) is 0 Å². The summed E-state index contributed by atoms with van der Waals surface area (Å²) in [5, 5.41) is 15.4. The van der Waals surface area contributed by atoms with Gasteiger partial charge >= 0.3 is 0 Å². The van der Waals surface area contributed by atoms with Crippen molar-refractivity contribution in [3.05, 3.63) is 41.8 Å². The third-order valence-corrected chi connectivity index (χ3v) is 4.65. The fourth-order valence-corrected chi connectivity index (χ4v) is 3.45. The van der Waals surface area contributed by atoms with Gasteiger partial charge in [0.15, 0.2) is 5.65 Å². The number of nitrogens with two attached hydrogens (primary N) is 1. The second kappa shape index (κ2) is 10.7. The number of benzene rings is 1. The van der Waals surface area contributed by atoms with E-state index in [0.717, 1.165) is 48.0 Å². The molecule has 0 radical (unpaired) electrons. The molecular weight excluding hydrogens is 378 g/mol. The number of aliphatic hydroxyl groups excluding tert-OH is 1. The topological polar surface area (TPSA) is 107 Å². The van der Waals surface area contributed by atoms with Crippen LogP contribution in [0.15, 0.2) is 36.5 Å². The van der Waals surface area contributed by atoms with Gasteiger partial charge in [-0.1, -0.05) is 44.2 Å². The molecule has 1 aliphatic rings. The maximum absolute atomic E-state index is 9.70. The first-order chi connectivity index (χ1) is 13.6. The molecule has 3 aromatic rings. The monoisotopic (exact) mass is 403 g/mol. The summed E-state index contributed by atoms with van der Waals surface area (Å²) in [4.78, 5) is 17.4. The van der Waals surface area contributed by atoms with Crippen LogP contribution >= 0.6 is 11.6 Å². The minimum atomic E-state index is -0.189. The van der Waals surface area contributed by atoms with Crippen molar-refractivity contribution >= 4 is 29.0 Å². The molecule has 0 aliphatic heterocycles. The number of aromatic nitrogens is 4. The molecule has 0 bridgehead atoms. The Balaban J connectivity index is 0.000000514. The van der Waals surface area contributed by atoms with Crippen molar-refractivity contribution in [2.24, 2.45) is 5.73 Å². The van der Waals surface area contributed by atoms with E-state index in [2.05, 4.69) is 20.8 Å². The van der Waals surface area contributed by atoms with Crippen LogP contribution in [0, 0.1) is 0 Å². The van der Waals surface area contributed by atoms with E-state index in [1.54, 1.807) is 0 Å². The highest BCUT2D eigenvalue weighted by Gasteiger charge is 2.24. The molecule has 2 heterocycles. The van der Waals surface area contributed by atoms with Crippen LogP contribution in [0.4, 0.5) is 0 Å². The first-order valence-electron chi connectivity index (χ1n) is 9.43. The van der Waals surface area contributed by atoms with Gasteiger partial charge in [-0.05, 0) is 37.3 Å². The summed E-state index contributed by atoms with van der Waals surface area (Å²) in [6.45, 7) is 4.00.